The van der Waals surface area contributed by atoms with Crippen LogP contribution in [0.1, 0.15) is 17.7 Å². The number of fused-ring (bicyclic) bond motifs is 2. The fraction of sp³-hybridized carbons (Fsp3) is 0.172. The van der Waals surface area contributed by atoms with Gasteiger partial charge in [0.05, 0.1) is 34.1 Å². The summed E-state index contributed by atoms with van der Waals surface area (Å²) >= 11 is 6.36. The number of nitrogens with zero attached hydrogens (tertiary/aromatic N) is 5. The zero-order valence-corrected chi connectivity index (χ0v) is 21.7. The number of para-hydroxylation sites is 1. The summed E-state index contributed by atoms with van der Waals surface area (Å²) in [4.78, 5) is 33.0. The van der Waals surface area contributed by atoms with Crippen molar-refractivity contribution in [1.29, 1.82) is 0 Å². The van der Waals surface area contributed by atoms with E-state index in [9.17, 15) is 9.59 Å². The summed E-state index contributed by atoms with van der Waals surface area (Å²) in [6.07, 6.45) is 6.20. The number of imide groups is 1. The Balaban J connectivity index is 1.59. The molecular formula is C29H25ClN6O2. The third-order valence-corrected chi connectivity index (χ3v) is 7.00. The molecule has 0 aliphatic carbocycles. The monoisotopic (exact) mass is 524 g/mol. The van der Waals surface area contributed by atoms with Gasteiger partial charge in [-0.15, -0.1) is 0 Å². The molecule has 2 amide bonds. The standard InChI is InChI=1S/C29H25ClN6O2/c1-34(2)13-6-14-36-23-9-4-3-8-21(23)27(33-36)26-25(28(37)32-29(26)38)22-17-35(19-7-5-12-31-16-19)24-15-18(30)10-11-20(22)24/h3-5,7-12,15-17H,6,13-14H2,1-2H3,(H,32,37,38). The van der Waals surface area contributed by atoms with Crippen molar-refractivity contribution < 1.29 is 9.59 Å². The maximum Gasteiger partial charge on any atom is 0.261 e. The SMILES string of the molecule is CN(C)CCCn1nc(C2=C(c3cn(-c4cccnc4)c4cc(Cl)ccc34)C(=O)NC2=O)c2ccccc21. The number of halogens is 1. The van der Waals surface area contributed by atoms with Gasteiger partial charge in [-0.25, -0.2) is 0 Å². The van der Waals surface area contributed by atoms with Gasteiger partial charge in [0.2, 0.25) is 0 Å². The van der Waals surface area contributed by atoms with Crippen LogP contribution in [0.15, 0.2) is 73.2 Å². The fourth-order valence-corrected chi connectivity index (χ4v) is 5.23. The van der Waals surface area contributed by atoms with Crippen LogP contribution in [-0.2, 0) is 16.1 Å². The Morgan fingerprint density at radius 1 is 0.947 bits per heavy atom. The van der Waals surface area contributed by atoms with Crippen molar-refractivity contribution in [2.75, 3.05) is 20.6 Å². The molecule has 0 saturated carbocycles. The topological polar surface area (TPSA) is 85.1 Å². The Kier molecular flexibility index (Phi) is 6.06. The Morgan fingerprint density at radius 2 is 1.76 bits per heavy atom. The Labute approximate surface area is 224 Å². The maximum absolute atomic E-state index is 13.3. The quantitative estimate of drug-likeness (QED) is 0.316. The number of pyridine rings is 1. The molecule has 2 aromatic carbocycles. The van der Waals surface area contributed by atoms with Gasteiger partial charge in [-0.2, -0.15) is 5.10 Å². The van der Waals surface area contributed by atoms with Gasteiger partial charge >= 0.3 is 0 Å². The second-order valence-corrected chi connectivity index (χ2v) is 10.0. The molecule has 3 aromatic heterocycles. The van der Waals surface area contributed by atoms with Gasteiger partial charge < -0.3 is 9.47 Å². The molecule has 38 heavy (non-hydrogen) atoms. The predicted molar refractivity (Wildman–Crippen MR) is 149 cm³/mol. The molecule has 1 N–H and O–H groups in total. The van der Waals surface area contributed by atoms with Crippen molar-refractivity contribution in [2.45, 2.75) is 13.0 Å². The van der Waals surface area contributed by atoms with E-state index in [2.05, 4.69) is 15.2 Å². The van der Waals surface area contributed by atoms with E-state index < -0.39 is 11.8 Å². The summed E-state index contributed by atoms with van der Waals surface area (Å²) in [5.41, 5.74) is 4.24. The van der Waals surface area contributed by atoms with Crippen LogP contribution in [0.5, 0.6) is 0 Å². The van der Waals surface area contributed by atoms with Crippen LogP contribution in [0.25, 0.3) is 38.6 Å². The van der Waals surface area contributed by atoms with Gasteiger partial charge in [-0.1, -0.05) is 35.9 Å². The highest BCUT2D eigenvalue weighted by molar-refractivity contribution is 6.50. The van der Waals surface area contributed by atoms with Crippen molar-refractivity contribution in [3.63, 3.8) is 0 Å². The van der Waals surface area contributed by atoms with Gasteiger partial charge in [-0.3, -0.25) is 24.6 Å². The summed E-state index contributed by atoms with van der Waals surface area (Å²) in [7, 11) is 4.07. The first kappa shape index (κ1) is 24.1. The molecule has 9 heteroatoms. The molecule has 0 spiro atoms. The van der Waals surface area contributed by atoms with Crippen molar-refractivity contribution in [2.24, 2.45) is 0 Å². The van der Waals surface area contributed by atoms with Crippen LogP contribution in [0.2, 0.25) is 5.02 Å². The molecule has 8 nitrogen and oxygen atoms in total. The highest BCUT2D eigenvalue weighted by Gasteiger charge is 2.36. The second kappa shape index (κ2) is 9.55. The third kappa shape index (κ3) is 4.08. The van der Waals surface area contributed by atoms with Crippen LogP contribution in [0.3, 0.4) is 0 Å². The number of rotatable bonds is 7. The first-order valence-electron chi connectivity index (χ1n) is 12.3. The maximum atomic E-state index is 13.3. The number of nitrogens with one attached hydrogen (secondary N) is 1. The van der Waals surface area contributed by atoms with Gasteiger partial charge in [0.1, 0.15) is 5.69 Å². The van der Waals surface area contributed by atoms with Crippen LogP contribution >= 0.6 is 11.6 Å². The minimum atomic E-state index is -0.454. The van der Waals surface area contributed by atoms with Crippen molar-refractivity contribution >= 4 is 56.4 Å². The summed E-state index contributed by atoms with van der Waals surface area (Å²) in [5.74, 6) is -0.902. The lowest BCUT2D eigenvalue weighted by Crippen LogP contribution is -2.22. The number of aryl methyl sites for hydroxylation is 1. The van der Waals surface area contributed by atoms with E-state index in [0.717, 1.165) is 40.5 Å². The average Bonchev–Trinajstić information content (AvgIpc) is 3.54. The normalized spacial score (nSPS) is 13.9. The van der Waals surface area contributed by atoms with E-state index in [1.165, 1.54) is 0 Å². The summed E-state index contributed by atoms with van der Waals surface area (Å²) in [5, 5.41) is 9.58. The van der Waals surface area contributed by atoms with Gasteiger partial charge in [-0.05, 0) is 57.4 Å². The highest BCUT2D eigenvalue weighted by atomic mass is 35.5. The average molecular weight is 525 g/mol. The first-order valence-corrected chi connectivity index (χ1v) is 12.7. The molecule has 0 saturated heterocycles. The number of hydrogen-bond acceptors (Lipinski definition) is 5. The molecular weight excluding hydrogens is 500 g/mol. The molecule has 0 fully saturated rings. The smallest absolute Gasteiger partial charge is 0.261 e. The van der Waals surface area contributed by atoms with E-state index in [1.807, 2.05) is 78.1 Å². The lowest BCUT2D eigenvalue weighted by atomic mass is 9.97. The lowest BCUT2D eigenvalue weighted by Gasteiger charge is -2.09. The van der Waals surface area contributed by atoms with Gasteiger partial charge in [0.15, 0.2) is 0 Å². The number of carbonyl (C=O) groups is 2. The second-order valence-electron chi connectivity index (χ2n) is 9.56. The van der Waals surface area contributed by atoms with Crippen molar-refractivity contribution in [3.05, 3.63) is 89.5 Å². The van der Waals surface area contributed by atoms with Crippen LogP contribution in [0, 0.1) is 0 Å². The van der Waals surface area contributed by atoms with E-state index in [-0.39, 0.29) is 5.57 Å². The molecule has 0 radical (unpaired) electrons. The molecule has 1 aliphatic rings. The highest BCUT2D eigenvalue weighted by Crippen LogP contribution is 2.39. The van der Waals surface area contributed by atoms with Crippen LogP contribution in [-0.4, -0.2) is 56.7 Å². The summed E-state index contributed by atoms with van der Waals surface area (Å²) < 4.78 is 3.86. The number of carbonyl (C=O) groups excluding carboxylic acids is 2. The molecule has 0 atom stereocenters. The van der Waals surface area contributed by atoms with Crippen molar-refractivity contribution in [3.8, 4) is 5.69 Å². The van der Waals surface area contributed by atoms with Crippen molar-refractivity contribution in [1.82, 2.24) is 29.5 Å². The van der Waals surface area contributed by atoms with E-state index in [4.69, 9.17) is 16.7 Å². The summed E-state index contributed by atoms with van der Waals surface area (Å²) in [6.45, 7) is 1.60. The molecule has 6 rings (SSSR count). The molecule has 5 aromatic rings. The van der Waals surface area contributed by atoms with E-state index in [0.29, 0.717) is 28.4 Å². The first-order chi connectivity index (χ1) is 18.4. The molecule has 190 valence electrons. The predicted octanol–water partition coefficient (Wildman–Crippen LogP) is 4.55. The zero-order chi connectivity index (χ0) is 26.4. The van der Waals surface area contributed by atoms with Crippen LogP contribution < -0.4 is 5.32 Å². The van der Waals surface area contributed by atoms with Gasteiger partial charge in [0.25, 0.3) is 11.8 Å². The Hall–Kier alpha value is -4.27. The molecule has 0 unspecified atom stereocenters. The Bertz CT molecular complexity index is 1750. The Morgan fingerprint density at radius 3 is 2.55 bits per heavy atom. The largest absolute Gasteiger partial charge is 0.314 e. The number of amides is 2. The molecule has 0 bridgehead atoms. The van der Waals surface area contributed by atoms with Crippen LogP contribution in [0.4, 0.5) is 0 Å². The zero-order valence-electron chi connectivity index (χ0n) is 21.0. The third-order valence-electron chi connectivity index (χ3n) is 6.76. The number of hydrogen-bond donors (Lipinski definition) is 1. The van der Waals surface area contributed by atoms with E-state index in [1.54, 1.807) is 18.5 Å². The number of benzene rings is 2. The number of aromatic nitrogens is 4. The van der Waals surface area contributed by atoms with Gasteiger partial charge in [0, 0.05) is 40.3 Å². The van der Waals surface area contributed by atoms with E-state index >= 15 is 0 Å². The molecule has 4 heterocycles. The fourth-order valence-electron chi connectivity index (χ4n) is 5.07. The summed E-state index contributed by atoms with van der Waals surface area (Å²) in [6, 6.07) is 17.1. The molecule has 1 aliphatic heterocycles. The minimum Gasteiger partial charge on any atom is -0.314 e. The lowest BCUT2D eigenvalue weighted by molar-refractivity contribution is -0.122. The minimum absolute atomic E-state index is 0.276.